The van der Waals surface area contributed by atoms with Crippen LogP contribution in [-0.4, -0.2) is 47.2 Å². The van der Waals surface area contributed by atoms with E-state index in [1.165, 1.54) is 25.8 Å². The zero-order valence-electron chi connectivity index (χ0n) is 11.5. The number of carboxylic acids is 1. The van der Waals surface area contributed by atoms with E-state index in [-0.39, 0.29) is 17.8 Å². The molecule has 6 heteroatoms. The van der Waals surface area contributed by atoms with Gasteiger partial charge in [-0.2, -0.15) is 0 Å². The lowest BCUT2D eigenvalue weighted by Crippen LogP contribution is -2.57. The molecule has 0 aromatic carbocycles. The maximum Gasteiger partial charge on any atom is 0.331 e. The van der Waals surface area contributed by atoms with Crippen LogP contribution in [-0.2, 0) is 14.3 Å². The molecule has 0 fully saturated rings. The Kier molecular flexibility index (Phi) is 8.02. The summed E-state index contributed by atoms with van der Waals surface area (Å²) in [5.41, 5.74) is -1.37. The minimum Gasteiger partial charge on any atom is -0.479 e. The molecule has 0 saturated carbocycles. The summed E-state index contributed by atoms with van der Waals surface area (Å²) < 4.78 is 4.85. The minimum absolute atomic E-state index is 0.0551. The van der Waals surface area contributed by atoms with Gasteiger partial charge in [0, 0.05) is 7.11 Å². The Labute approximate surface area is 113 Å². The van der Waals surface area contributed by atoms with Crippen LogP contribution in [0, 0.1) is 0 Å². The van der Waals surface area contributed by atoms with E-state index < -0.39 is 11.5 Å². The van der Waals surface area contributed by atoms with E-state index in [0.717, 1.165) is 18.6 Å². The first kappa shape index (κ1) is 17.2. The van der Waals surface area contributed by atoms with Crippen molar-refractivity contribution in [2.45, 2.75) is 44.4 Å². The van der Waals surface area contributed by atoms with E-state index in [1.54, 1.807) is 6.92 Å². The van der Waals surface area contributed by atoms with Gasteiger partial charge in [0.05, 0.1) is 11.9 Å². The van der Waals surface area contributed by atoms with Gasteiger partial charge in [0.15, 0.2) is 5.54 Å². The van der Waals surface area contributed by atoms with E-state index >= 15 is 0 Å². The molecule has 0 aromatic rings. The molecule has 0 radical (unpaired) electrons. The maximum atomic E-state index is 11.9. The summed E-state index contributed by atoms with van der Waals surface area (Å²) in [6, 6.07) is 0. The molecule has 0 rings (SSSR count). The minimum atomic E-state index is -1.37. The number of aliphatic carboxylic acids is 1. The highest BCUT2D eigenvalue weighted by molar-refractivity contribution is 8.00. The fourth-order valence-electron chi connectivity index (χ4n) is 1.29. The number of carboxylic acid groups (broad SMARTS) is 1. The Balaban J connectivity index is 4.37. The highest BCUT2D eigenvalue weighted by Gasteiger charge is 2.36. The normalized spacial score (nSPS) is 15.8. The summed E-state index contributed by atoms with van der Waals surface area (Å²) in [5.74, 6) is -0.458. The van der Waals surface area contributed by atoms with Crippen LogP contribution in [0.1, 0.15) is 33.6 Å². The molecule has 0 saturated heterocycles. The summed E-state index contributed by atoms with van der Waals surface area (Å²) in [7, 11) is 1.41. The van der Waals surface area contributed by atoms with Crippen molar-refractivity contribution < 1.29 is 19.4 Å². The number of unbranched alkanes of at least 4 members (excludes halogenated alkanes) is 1. The predicted molar refractivity (Wildman–Crippen MR) is 72.9 cm³/mol. The molecule has 0 aliphatic rings. The molecule has 0 bridgehead atoms. The summed E-state index contributed by atoms with van der Waals surface area (Å²) >= 11 is 1.53. The van der Waals surface area contributed by atoms with Gasteiger partial charge in [-0.05, 0) is 26.0 Å². The zero-order valence-corrected chi connectivity index (χ0v) is 12.3. The lowest BCUT2D eigenvalue weighted by molar-refractivity contribution is -0.149. The molecule has 0 aromatic heterocycles. The van der Waals surface area contributed by atoms with E-state index in [2.05, 4.69) is 12.2 Å². The molecule has 0 spiro atoms. The van der Waals surface area contributed by atoms with Crippen LogP contribution in [0.2, 0.25) is 0 Å². The summed E-state index contributed by atoms with van der Waals surface area (Å²) in [4.78, 5) is 23.0. The molecule has 2 N–H and O–H groups in total. The summed E-state index contributed by atoms with van der Waals surface area (Å²) in [6.45, 7) is 5.26. The molecular formula is C12H23NO4S. The number of hydrogen-bond donors (Lipinski definition) is 2. The van der Waals surface area contributed by atoms with Gasteiger partial charge in [0.25, 0.3) is 0 Å². The van der Waals surface area contributed by atoms with Gasteiger partial charge >= 0.3 is 5.97 Å². The smallest absolute Gasteiger partial charge is 0.331 e. The Morgan fingerprint density at radius 2 is 2.11 bits per heavy atom. The molecule has 5 nitrogen and oxygen atoms in total. The topological polar surface area (TPSA) is 75.6 Å². The number of methoxy groups -OCH3 is 1. The fourth-order valence-corrected chi connectivity index (χ4v) is 2.31. The van der Waals surface area contributed by atoms with Crippen LogP contribution in [0.5, 0.6) is 0 Å². The zero-order chi connectivity index (χ0) is 14.2. The van der Waals surface area contributed by atoms with Crippen LogP contribution in [0.25, 0.3) is 0 Å². The first-order valence-electron chi connectivity index (χ1n) is 6.03. The number of rotatable bonds is 9. The van der Waals surface area contributed by atoms with Crippen LogP contribution in [0.15, 0.2) is 0 Å². The van der Waals surface area contributed by atoms with E-state index in [1.807, 2.05) is 0 Å². The number of thioether (sulfide) groups is 1. The second-order valence-corrected chi connectivity index (χ2v) is 5.87. The number of nitrogens with one attached hydrogen (secondary N) is 1. The highest BCUT2D eigenvalue weighted by Crippen LogP contribution is 2.14. The van der Waals surface area contributed by atoms with Crippen LogP contribution in [0.4, 0.5) is 0 Å². The van der Waals surface area contributed by atoms with Crippen molar-refractivity contribution >= 4 is 23.6 Å². The molecule has 2 atom stereocenters. The number of ether oxygens (including phenoxy) is 1. The van der Waals surface area contributed by atoms with Crippen molar-refractivity contribution in [2.75, 3.05) is 19.5 Å². The standard InChI is InChI=1S/C12H23NO4S/c1-5-6-7-18-9(2)10(14)13-12(3,8-17-4)11(15)16/h9H,5-8H2,1-4H3,(H,13,14)(H,15,16). The van der Waals surface area contributed by atoms with E-state index in [0.29, 0.717) is 0 Å². The number of carbonyl (C=O) groups is 2. The molecule has 0 aliphatic carbocycles. The first-order valence-corrected chi connectivity index (χ1v) is 7.08. The van der Waals surface area contributed by atoms with Crippen molar-refractivity contribution in [3.8, 4) is 0 Å². The highest BCUT2D eigenvalue weighted by atomic mass is 32.2. The van der Waals surface area contributed by atoms with Crippen LogP contribution in [0.3, 0.4) is 0 Å². The number of amides is 1. The average molecular weight is 277 g/mol. The fraction of sp³-hybridized carbons (Fsp3) is 0.833. The Bertz CT molecular complexity index is 285. The van der Waals surface area contributed by atoms with E-state index in [9.17, 15) is 9.59 Å². The molecule has 2 unspecified atom stereocenters. The number of carbonyl (C=O) groups excluding carboxylic acids is 1. The predicted octanol–water partition coefficient (Wildman–Crippen LogP) is 1.51. The van der Waals surface area contributed by atoms with Crippen LogP contribution < -0.4 is 5.32 Å². The monoisotopic (exact) mass is 277 g/mol. The maximum absolute atomic E-state index is 11.9. The lowest BCUT2D eigenvalue weighted by atomic mass is 10.0. The van der Waals surface area contributed by atoms with Gasteiger partial charge in [-0.3, -0.25) is 4.79 Å². The third-order valence-corrected chi connectivity index (χ3v) is 3.78. The van der Waals surface area contributed by atoms with Crippen LogP contribution >= 0.6 is 11.8 Å². The van der Waals surface area contributed by atoms with Gasteiger partial charge in [0.1, 0.15) is 0 Å². The average Bonchev–Trinajstić information content (AvgIpc) is 2.29. The Morgan fingerprint density at radius 3 is 2.56 bits per heavy atom. The van der Waals surface area contributed by atoms with Crippen molar-refractivity contribution in [1.82, 2.24) is 5.32 Å². The van der Waals surface area contributed by atoms with Crippen molar-refractivity contribution in [2.24, 2.45) is 0 Å². The first-order chi connectivity index (χ1) is 8.37. The van der Waals surface area contributed by atoms with Gasteiger partial charge in [-0.1, -0.05) is 13.3 Å². The third kappa shape index (κ3) is 5.73. The number of hydrogen-bond acceptors (Lipinski definition) is 4. The quantitative estimate of drug-likeness (QED) is 0.625. The SMILES string of the molecule is CCCCSC(C)C(=O)NC(C)(COC)C(=O)O. The summed E-state index contributed by atoms with van der Waals surface area (Å²) in [6.07, 6.45) is 2.13. The molecule has 1 amide bonds. The molecular weight excluding hydrogens is 254 g/mol. The van der Waals surface area contributed by atoms with Gasteiger partial charge in [0.2, 0.25) is 5.91 Å². The third-order valence-electron chi connectivity index (χ3n) is 2.54. The van der Waals surface area contributed by atoms with Gasteiger partial charge < -0.3 is 15.2 Å². The van der Waals surface area contributed by atoms with Crippen molar-refractivity contribution in [1.29, 1.82) is 0 Å². The Morgan fingerprint density at radius 1 is 1.50 bits per heavy atom. The van der Waals surface area contributed by atoms with E-state index in [4.69, 9.17) is 9.84 Å². The van der Waals surface area contributed by atoms with Crippen molar-refractivity contribution in [3.63, 3.8) is 0 Å². The largest absolute Gasteiger partial charge is 0.479 e. The summed E-state index contributed by atoms with van der Waals surface area (Å²) in [5, 5.41) is 11.4. The van der Waals surface area contributed by atoms with Gasteiger partial charge in [-0.25, -0.2) is 4.79 Å². The molecule has 106 valence electrons. The molecule has 18 heavy (non-hydrogen) atoms. The second kappa shape index (κ2) is 8.37. The Hall–Kier alpha value is -0.750. The van der Waals surface area contributed by atoms with Crippen molar-refractivity contribution in [3.05, 3.63) is 0 Å². The van der Waals surface area contributed by atoms with Gasteiger partial charge in [-0.15, -0.1) is 11.8 Å². The molecule has 0 heterocycles. The second-order valence-electron chi connectivity index (χ2n) is 4.43. The molecule has 0 aliphatic heterocycles. The lowest BCUT2D eigenvalue weighted by Gasteiger charge is -2.26.